The Labute approximate surface area is 246 Å². The number of nitrogens with zero attached hydrogens (tertiary/aromatic N) is 7. The number of nitriles is 1. The van der Waals surface area contributed by atoms with Crippen LogP contribution in [-0.4, -0.2) is 90.3 Å². The van der Waals surface area contributed by atoms with Crippen LogP contribution in [0.15, 0.2) is 30.9 Å². The smallest absolute Gasteiger partial charge is 0.421 e. The molecule has 230 valence electrons. The Morgan fingerprint density at radius 1 is 1.19 bits per heavy atom. The third kappa shape index (κ3) is 6.36. The summed E-state index contributed by atoms with van der Waals surface area (Å²) in [6.45, 7) is 5.01. The van der Waals surface area contributed by atoms with E-state index in [0.29, 0.717) is 30.2 Å². The molecule has 9 nitrogen and oxygen atoms in total. The van der Waals surface area contributed by atoms with Crippen LogP contribution in [0.25, 0.3) is 0 Å². The molecule has 14 heteroatoms. The topological polar surface area (TPSA) is 88.8 Å². The van der Waals surface area contributed by atoms with Crippen molar-refractivity contribution in [3.8, 4) is 12.1 Å². The van der Waals surface area contributed by atoms with E-state index < -0.39 is 29.8 Å². The van der Waals surface area contributed by atoms with Crippen molar-refractivity contribution < 1.29 is 31.5 Å². The average molecular weight is 606 g/mol. The molecular formula is C29H32F5N7O2. The number of alkyl halides is 4. The van der Waals surface area contributed by atoms with Gasteiger partial charge in [-0.1, -0.05) is 12.6 Å². The third-order valence-electron chi connectivity index (χ3n) is 8.25. The van der Waals surface area contributed by atoms with E-state index in [4.69, 9.17) is 4.74 Å². The van der Waals surface area contributed by atoms with Gasteiger partial charge in [0.1, 0.15) is 30.0 Å². The minimum Gasteiger partial charge on any atom is -0.462 e. The first-order valence-electron chi connectivity index (χ1n) is 14.0. The number of carbonyl (C=O) groups is 1. The van der Waals surface area contributed by atoms with Crippen molar-refractivity contribution in [2.45, 2.75) is 50.2 Å². The number of benzene rings is 1. The van der Waals surface area contributed by atoms with E-state index in [2.05, 4.69) is 22.6 Å². The van der Waals surface area contributed by atoms with Crippen molar-refractivity contribution in [3.63, 3.8) is 0 Å². The molecule has 3 aliphatic rings. The van der Waals surface area contributed by atoms with E-state index in [1.54, 1.807) is 11.9 Å². The summed E-state index contributed by atoms with van der Waals surface area (Å²) in [6.07, 6.45) is -4.03. The minimum absolute atomic E-state index is 0.0111. The van der Waals surface area contributed by atoms with Gasteiger partial charge in [0.15, 0.2) is 0 Å². The highest BCUT2D eigenvalue weighted by Crippen LogP contribution is 2.40. The summed E-state index contributed by atoms with van der Waals surface area (Å²) in [4.78, 5) is 28.5. The number of rotatable bonds is 7. The number of ether oxygens (including phenoxy) is 1. The van der Waals surface area contributed by atoms with Crippen molar-refractivity contribution >= 4 is 17.4 Å². The van der Waals surface area contributed by atoms with E-state index in [0.717, 1.165) is 6.07 Å². The van der Waals surface area contributed by atoms with Gasteiger partial charge < -0.3 is 19.4 Å². The average Bonchev–Trinajstić information content (AvgIpc) is 3.30. The van der Waals surface area contributed by atoms with Crippen molar-refractivity contribution in [1.29, 1.82) is 5.26 Å². The van der Waals surface area contributed by atoms with Crippen LogP contribution in [0.4, 0.5) is 33.5 Å². The molecule has 0 bridgehead atoms. The van der Waals surface area contributed by atoms with E-state index in [9.17, 15) is 32.0 Å². The first-order valence-corrected chi connectivity index (χ1v) is 14.0. The van der Waals surface area contributed by atoms with Crippen molar-refractivity contribution in [2.24, 2.45) is 0 Å². The van der Waals surface area contributed by atoms with Crippen LogP contribution in [0.3, 0.4) is 0 Å². The molecule has 43 heavy (non-hydrogen) atoms. The normalized spacial score (nSPS) is 22.7. The zero-order valence-electron chi connectivity index (χ0n) is 23.7. The lowest BCUT2D eigenvalue weighted by atomic mass is 10.0. The van der Waals surface area contributed by atoms with Gasteiger partial charge in [0.05, 0.1) is 36.5 Å². The molecule has 2 fully saturated rings. The first kappa shape index (κ1) is 30.5. The van der Waals surface area contributed by atoms with Gasteiger partial charge in [-0.2, -0.15) is 28.4 Å². The fourth-order valence-corrected chi connectivity index (χ4v) is 6.09. The van der Waals surface area contributed by atoms with Crippen LogP contribution in [0.2, 0.25) is 0 Å². The second kappa shape index (κ2) is 12.3. The van der Waals surface area contributed by atoms with Gasteiger partial charge in [-0.3, -0.25) is 9.69 Å². The van der Waals surface area contributed by atoms with E-state index in [-0.39, 0.29) is 75.7 Å². The van der Waals surface area contributed by atoms with Crippen molar-refractivity contribution in [2.75, 3.05) is 56.2 Å². The molecule has 1 aromatic carbocycles. The van der Waals surface area contributed by atoms with Crippen LogP contribution >= 0.6 is 0 Å². The minimum atomic E-state index is -4.90. The monoisotopic (exact) mass is 605 g/mol. The van der Waals surface area contributed by atoms with Gasteiger partial charge in [0, 0.05) is 44.3 Å². The lowest BCUT2D eigenvalue weighted by Gasteiger charge is -2.42. The molecule has 3 aliphatic heterocycles. The summed E-state index contributed by atoms with van der Waals surface area (Å²) in [5.41, 5.74) is -0.493. The maximum absolute atomic E-state index is 14.4. The standard InChI is InChI=1S/C29H32F5N7O2/c1-3-25(42)41-12-11-40(15-19(41)7-9-35)27-21-8-10-39(24-6-4-5-22(31)26(24)29(32,33)34)16-23(21)36-28(37-27)43-17-20-13-18(30)14-38(20)2/h3-6,18-20H,1,7-8,10-17H2,2H3/t18-,19?,20+/m0/s1. The Balaban J connectivity index is 1.49. The van der Waals surface area contributed by atoms with Crippen LogP contribution in [0.5, 0.6) is 6.01 Å². The summed E-state index contributed by atoms with van der Waals surface area (Å²) in [5.74, 6) is -1.14. The molecule has 0 radical (unpaired) electrons. The molecule has 4 heterocycles. The molecule has 1 aromatic heterocycles. The lowest BCUT2D eigenvalue weighted by Crippen LogP contribution is -2.55. The fraction of sp³-hybridized carbons (Fsp3) is 0.517. The maximum Gasteiger partial charge on any atom is 0.421 e. The molecule has 0 aliphatic carbocycles. The largest absolute Gasteiger partial charge is 0.462 e. The predicted octanol–water partition coefficient (Wildman–Crippen LogP) is 3.74. The van der Waals surface area contributed by atoms with Gasteiger partial charge in [-0.05, 0) is 38.1 Å². The van der Waals surface area contributed by atoms with Crippen LogP contribution < -0.4 is 14.5 Å². The Bertz CT molecular complexity index is 1410. The summed E-state index contributed by atoms with van der Waals surface area (Å²) in [5, 5.41) is 9.41. The van der Waals surface area contributed by atoms with Crippen LogP contribution in [-0.2, 0) is 23.9 Å². The van der Waals surface area contributed by atoms with Crippen molar-refractivity contribution in [3.05, 3.63) is 53.5 Å². The molecule has 0 spiro atoms. The number of likely N-dealkylation sites (N-methyl/N-ethyl adjacent to an activating group) is 1. The number of anilines is 2. The lowest BCUT2D eigenvalue weighted by molar-refractivity contribution is -0.139. The highest BCUT2D eigenvalue weighted by atomic mass is 19.4. The number of piperazine rings is 1. The van der Waals surface area contributed by atoms with Crippen LogP contribution in [0.1, 0.15) is 29.7 Å². The Kier molecular flexibility index (Phi) is 8.73. The SMILES string of the molecule is C=CC(=O)N1CCN(c2nc(OC[C@H]3C[C@H](F)CN3C)nc3c2CCN(c2cccc(F)c2C(F)(F)F)C3)CC1CC#N. The molecule has 5 rings (SSSR count). The van der Waals surface area contributed by atoms with E-state index in [1.807, 2.05) is 9.80 Å². The summed E-state index contributed by atoms with van der Waals surface area (Å²) >= 11 is 0. The highest BCUT2D eigenvalue weighted by molar-refractivity contribution is 5.87. The second-order valence-corrected chi connectivity index (χ2v) is 11.0. The Morgan fingerprint density at radius 2 is 1.98 bits per heavy atom. The maximum atomic E-state index is 14.4. The molecule has 0 saturated carbocycles. The number of carbonyl (C=O) groups excluding carboxylic acids is 1. The number of halogens is 5. The fourth-order valence-electron chi connectivity index (χ4n) is 6.09. The second-order valence-electron chi connectivity index (χ2n) is 11.0. The molecule has 1 unspecified atom stereocenters. The quantitative estimate of drug-likeness (QED) is 0.349. The van der Waals surface area contributed by atoms with Gasteiger partial charge in [-0.25, -0.2) is 8.78 Å². The molecule has 2 saturated heterocycles. The number of hydrogen-bond acceptors (Lipinski definition) is 8. The number of amides is 1. The highest BCUT2D eigenvalue weighted by Gasteiger charge is 2.40. The molecular weight excluding hydrogens is 573 g/mol. The van der Waals surface area contributed by atoms with Crippen LogP contribution in [0, 0.1) is 17.1 Å². The summed E-state index contributed by atoms with van der Waals surface area (Å²) in [6, 6.07) is 4.73. The number of likely N-dealkylation sites (tertiary alicyclic amines) is 1. The number of hydrogen-bond donors (Lipinski definition) is 0. The van der Waals surface area contributed by atoms with Gasteiger partial charge >= 0.3 is 12.2 Å². The van der Waals surface area contributed by atoms with E-state index >= 15 is 0 Å². The van der Waals surface area contributed by atoms with Gasteiger partial charge in [0.2, 0.25) is 5.91 Å². The van der Waals surface area contributed by atoms with E-state index in [1.165, 1.54) is 23.1 Å². The molecule has 2 aromatic rings. The summed E-state index contributed by atoms with van der Waals surface area (Å²) in [7, 11) is 1.79. The summed E-state index contributed by atoms with van der Waals surface area (Å²) < 4.78 is 75.8. The zero-order chi connectivity index (χ0) is 30.9. The Hall–Kier alpha value is -3.99. The van der Waals surface area contributed by atoms with Crippen molar-refractivity contribution in [1.82, 2.24) is 19.8 Å². The zero-order valence-corrected chi connectivity index (χ0v) is 23.7. The van der Waals surface area contributed by atoms with Gasteiger partial charge in [-0.15, -0.1) is 0 Å². The number of aromatic nitrogens is 2. The molecule has 1 amide bonds. The number of fused-ring (bicyclic) bond motifs is 1. The van der Waals surface area contributed by atoms with Gasteiger partial charge in [0.25, 0.3) is 0 Å². The Morgan fingerprint density at radius 3 is 2.65 bits per heavy atom. The molecule has 3 atom stereocenters. The first-order chi connectivity index (χ1) is 20.5. The molecule has 0 N–H and O–H groups in total. The predicted molar refractivity (Wildman–Crippen MR) is 148 cm³/mol. The third-order valence-corrected chi connectivity index (χ3v) is 8.25.